The van der Waals surface area contributed by atoms with E-state index in [0.29, 0.717) is 0 Å². The van der Waals surface area contributed by atoms with E-state index >= 15 is 0 Å². The van der Waals surface area contributed by atoms with E-state index in [4.69, 9.17) is 0 Å². The number of hydrogen-bond donors (Lipinski definition) is 1. The zero-order chi connectivity index (χ0) is 18.3. The fraction of sp³-hybridized carbons (Fsp3) is 0.696. The van der Waals surface area contributed by atoms with Crippen LogP contribution in [-0.4, -0.2) is 5.91 Å². The van der Waals surface area contributed by atoms with Gasteiger partial charge in [0.15, 0.2) is 0 Å². The lowest BCUT2D eigenvalue weighted by Crippen LogP contribution is -2.19. The van der Waals surface area contributed by atoms with Gasteiger partial charge in [-0.15, -0.1) is 0 Å². The van der Waals surface area contributed by atoms with Crippen LogP contribution < -0.4 is 5.32 Å². The molecule has 0 heterocycles. The highest BCUT2D eigenvalue weighted by Gasteiger charge is 2.10. The minimum atomic E-state index is 0.0753. The van der Waals surface area contributed by atoms with Gasteiger partial charge >= 0.3 is 0 Å². The number of rotatable bonds is 14. The van der Waals surface area contributed by atoms with E-state index in [1.54, 1.807) is 0 Å². The standard InChI is InChI=1S/C23H39NO/c1-4-6-7-8-9-10-11-12-13-14-15-21-16-18-22(19-17-21)24-23(25)20(3)5-2/h16-20H,4-15H2,1-3H3,(H,24,25). The summed E-state index contributed by atoms with van der Waals surface area (Å²) in [6.07, 6.45) is 15.8. The number of unbranched alkanes of at least 4 members (excludes halogenated alkanes) is 9. The van der Waals surface area contributed by atoms with Crippen LogP contribution >= 0.6 is 0 Å². The summed E-state index contributed by atoms with van der Waals surface area (Å²) in [6, 6.07) is 8.37. The predicted molar refractivity (Wildman–Crippen MR) is 110 cm³/mol. The number of carbonyl (C=O) groups excluding carboxylic acids is 1. The van der Waals surface area contributed by atoms with Crippen LogP contribution in [0.2, 0.25) is 0 Å². The molecule has 0 fully saturated rings. The predicted octanol–water partition coefficient (Wildman–Crippen LogP) is 7.13. The fourth-order valence-corrected chi connectivity index (χ4v) is 3.02. The van der Waals surface area contributed by atoms with Crippen LogP contribution in [0.15, 0.2) is 24.3 Å². The molecule has 0 bridgehead atoms. The van der Waals surface area contributed by atoms with Gasteiger partial charge in [-0.3, -0.25) is 4.79 Å². The summed E-state index contributed by atoms with van der Waals surface area (Å²) in [5.41, 5.74) is 2.29. The highest BCUT2D eigenvalue weighted by molar-refractivity contribution is 5.92. The van der Waals surface area contributed by atoms with Crippen molar-refractivity contribution in [2.24, 2.45) is 5.92 Å². The quantitative estimate of drug-likeness (QED) is 0.357. The van der Waals surface area contributed by atoms with Gasteiger partial charge in [-0.2, -0.15) is 0 Å². The Kier molecular flexibility index (Phi) is 12.1. The Balaban J connectivity index is 2.09. The number of hydrogen-bond acceptors (Lipinski definition) is 1. The highest BCUT2D eigenvalue weighted by Crippen LogP contribution is 2.15. The van der Waals surface area contributed by atoms with Gasteiger partial charge in [0.25, 0.3) is 0 Å². The number of nitrogens with one attached hydrogen (secondary N) is 1. The molecule has 1 unspecified atom stereocenters. The van der Waals surface area contributed by atoms with Gasteiger partial charge in [-0.05, 0) is 37.0 Å². The summed E-state index contributed by atoms with van der Waals surface area (Å²) in [5.74, 6) is 0.191. The van der Waals surface area contributed by atoms with Gasteiger partial charge in [0.2, 0.25) is 5.91 Å². The van der Waals surface area contributed by atoms with Gasteiger partial charge in [-0.1, -0.05) is 90.7 Å². The Bertz CT molecular complexity index is 452. The van der Waals surface area contributed by atoms with E-state index in [9.17, 15) is 4.79 Å². The molecule has 1 aromatic carbocycles. The minimum absolute atomic E-state index is 0.0753. The van der Waals surface area contributed by atoms with E-state index in [1.807, 2.05) is 26.0 Å². The van der Waals surface area contributed by atoms with E-state index < -0.39 is 0 Å². The summed E-state index contributed by atoms with van der Waals surface area (Å²) in [7, 11) is 0. The number of carbonyl (C=O) groups is 1. The van der Waals surface area contributed by atoms with Crippen molar-refractivity contribution in [1.82, 2.24) is 0 Å². The van der Waals surface area contributed by atoms with Crippen LogP contribution in [-0.2, 0) is 11.2 Å². The molecule has 0 spiro atoms. The topological polar surface area (TPSA) is 29.1 Å². The molecule has 0 aliphatic heterocycles. The first kappa shape index (κ1) is 21.7. The summed E-state index contributed by atoms with van der Waals surface area (Å²) in [4.78, 5) is 11.9. The zero-order valence-corrected chi connectivity index (χ0v) is 16.8. The van der Waals surface area contributed by atoms with E-state index in [0.717, 1.165) is 18.5 Å². The Morgan fingerprint density at radius 1 is 0.840 bits per heavy atom. The molecule has 1 rings (SSSR count). The van der Waals surface area contributed by atoms with Crippen molar-refractivity contribution in [1.29, 1.82) is 0 Å². The van der Waals surface area contributed by atoms with Crippen molar-refractivity contribution in [3.05, 3.63) is 29.8 Å². The zero-order valence-electron chi connectivity index (χ0n) is 16.8. The Morgan fingerprint density at radius 3 is 1.88 bits per heavy atom. The number of aryl methyl sites for hydroxylation is 1. The molecule has 0 saturated carbocycles. The van der Waals surface area contributed by atoms with Crippen molar-refractivity contribution in [2.45, 2.75) is 97.8 Å². The molecule has 1 amide bonds. The average molecular weight is 346 g/mol. The molecular weight excluding hydrogens is 306 g/mol. The van der Waals surface area contributed by atoms with Gasteiger partial charge in [0.1, 0.15) is 0 Å². The third-order valence-electron chi connectivity index (χ3n) is 5.10. The average Bonchev–Trinajstić information content (AvgIpc) is 2.63. The molecule has 0 aromatic heterocycles. The van der Waals surface area contributed by atoms with Crippen LogP contribution in [0.1, 0.15) is 97.0 Å². The molecule has 2 nitrogen and oxygen atoms in total. The summed E-state index contributed by atoms with van der Waals surface area (Å²) >= 11 is 0. The minimum Gasteiger partial charge on any atom is -0.326 e. The second-order valence-electron chi connectivity index (χ2n) is 7.43. The smallest absolute Gasteiger partial charge is 0.227 e. The lowest BCUT2D eigenvalue weighted by molar-refractivity contribution is -0.119. The maximum absolute atomic E-state index is 11.9. The molecule has 25 heavy (non-hydrogen) atoms. The van der Waals surface area contributed by atoms with Gasteiger partial charge in [-0.25, -0.2) is 0 Å². The van der Waals surface area contributed by atoms with Gasteiger partial charge in [0, 0.05) is 11.6 Å². The maximum Gasteiger partial charge on any atom is 0.227 e. The van der Waals surface area contributed by atoms with Crippen molar-refractivity contribution >= 4 is 11.6 Å². The van der Waals surface area contributed by atoms with Crippen LogP contribution in [0.5, 0.6) is 0 Å². The summed E-state index contributed by atoms with van der Waals surface area (Å²) in [6.45, 7) is 6.28. The molecule has 0 aliphatic carbocycles. The van der Waals surface area contributed by atoms with Gasteiger partial charge in [0.05, 0.1) is 0 Å². The molecule has 1 aromatic rings. The van der Waals surface area contributed by atoms with Crippen LogP contribution in [0.3, 0.4) is 0 Å². The molecule has 1 N–H and O–H groups in total. The van der Waals surface area contributed by atoms with Crippen molar-refractivity contribution in [3.8, 4) is 0 Å². The van der Waals surface area contributed by atoms with Gasteiger partial charge < -0.3 is 5.32 Å². The lowest BCUT2D eigenvalue weighted by Gasteiger charge is -2.10. The van der Waals surface area contributed by atoms with E-state index in [1.165, 1.54) is 69.8 Å². The Morgan fingerprint density at radius 2 is 1.36 bits per heavy atom. The largest absolute Gasteiger partial charge is 0.326 e. The third-order valence-corrected chi connectivity index (χ3v) is 5.10. The Labute approximate surface area is 155 Å². The maximum atomic E-state index is 11.9. The molecule has 0 aliphatic rings. The molecule has 1 atom stereocenters. The SMILES string of the molecule is CCCCCCCCCCCCc1ccc(NC(=O)C(C)CC)cc1. The molecule has 2 heteroatoms. The first-order valence-corrected chi connectivity index (χ1v) is 10.6. The van der Waals surface area contributed by atoms with Crippen LogP contribution in [0.4, 0.5) is 5.69 Å². The second kappa shape index (κ2) is 13.9. The van der Waals surface area contributed by atoms with E-state index in [2.05, 4.69) is 24.4 Å². The molecular formula is C23H39NO. The normalized spacial score (nSPS) is 12.1. The number of benzene rings is 1. The third kappa shape index (κ3) is 10.3. The molecule has 0 saturated heterocycles. The fourth-order valence-electron chi connectivity index (χ4n) is 3.02. The number of anilines is 1. The monoisotopic (exact) mass is 345 g/mol. The summed E-state index contributed by atoms with van der Waals surface area (Å²) in [5, 5.41) is 2.99. The second-order valence-corrected chi connectivity index (χ2v) is 7.43. The van der Waals surface area contributed by atoms with Crippen molar-refractivity contribution in [2.75, 3.05) is 5.32 Å². The van der Waals surface area contributed by atoms with Crippen LogP contribution in [0.25, 0.3) is 0 Å². The van der Waals surface area contributed by atoms with Crippen molar-refractivity contribution < 1.29 is 4.79 Å². The lowest BCUT2D eigenvalue weighted by atomic mass is 10.0. The van der Waals surface area contributed by atoms with E-state index in [-0.39, 0.29) is 11.8 Å². The highest BCUT2D eigenvalue weighted by atomic mass is 16.1. The first-order chi connectivity index (χ1) is 12.2. The van der Waals surface area contributed by atoms with Crippen molar-refractivity contribution in [3.63, 3.8) is 0 Å². The number of amides is 1. The Hall–Kier alpha value is -1.31. The van der Waals surface area contributed by atoms with Crippen LogP contribution in [0, 0.1) is 5.92 Å². The molecule has 142 valence electrons. The summed E-state index contributed by atoms with van der Waals surface area (Å²) < 4.78 is 0. The molecule has 0 radical (unpaired) electrons. The first-order valence-electron chi connectivity index (χ1n) is 10.6.